The van der Waals surface area contributed by atoms with Gasteiger partial charge in [-0.3, -0.25) is 4.79 Å². The van der Waals surface area contributed by atoms with Crippen molar-refractivity contribution in [1.82, 2.24) is 0 Å². The number of ether oxygens (including phenoxy) is 2. The first-order valence-electron chi connectivity index (χ1n) is 5.23. The van der Waals surface area contributed by atoms with Crippen LogP contribution in [0, 0.1) is 0 Å². The van der Waals surface area contributed by atoms with E-state index in [-0.39, 0.29) is 19.0 Å². The Bertz CT molecular complexity index is 403. The molecule has 0 atom stereocenters. The standard InChI is InChI=1S/C12H15NO4/c1-16-11(14)7-4-8-17-12(15)9-5-2-3-6-10(9)13/h2-3,5-6H,4,7-8,13H2,1H3. The molecule has 0 saturated heterocycles. The molecule has 0 aliphatic rings. The average Bonchev–Trinajstić information content (AvgIpc) is 2.34. The van der Waals surface area contributed by atoms with Gasteiger partial charge in [-0.2, -0.15) is 0 Å². The summed E-state index contributed by atoms with van der Waals surface area (Å²) in [7, 11) is 1.32. The molecule has 0 aliphatic carbocycles. The van der Waals surface area contributed by atoms with Gasteiger partial charge in [-0.25, -0.2) is 4.79 Å². The number of nitrogens with two attached hydrogens (primary N) is 1. The highest BCUT2D eigenvalue weighted by atomic mass is 16.5. The van der Waals surface area contributed by atoms with Crippen molar-refractivity contribution in [2.45, 2.75) is 12.8 Å². The van der Waals surface area contributed by atoms with Crippen LogP contribution in [-0.2, 0) is 14.3 Å². The highest BCUT2D eigenvalue weighted by molar-refractivity contribution is 5.94. The minimum Gasteiger partial charge on any atom is -0.469 e. The number of hydrogen-bond donors (Lipinski definition) is 1. The first-order chi connectivity index (χ1) is 8.15. The average molecular weight is 237 g/mol. The van der Waals surface area contributed by atoms with Crippen LogP contribution in [0.3, 0.4) is 0 Å². The molecule has 0 aliphatic heterocycles. The van der Waals surface area contributed by atoms with E-state index in [9.17, 15) is 9.59 Å². The molecule has 1 aromatic carbocycles. The van der Waals surface area contributed by atoms with Gasteiger partial charge in [0.25, 0.3) is 0 Å². The molecular formula is C12H15NO4. The minimum atomic E-state index is -0.479. The number of esters is 2. The fourth-order valence-corrected chi connectivity index (χ4v) is 1.24. The molecule has 0 spiro atoms. The summed E-state index contributed by atoms with van der Waals surface area (Å²) in [5.74, 6) is -0.798. The lowest BCUT2D eigenvalue weighted by Gasteiger charge is -2.06. The van der Waals surface area contributed by atoms with Crippen molar-refractivity contribution in [3.05, 3.63) is 29.8 Å². The number of benzene rings is 1. The quantitative estimate of drug-likeness (QED) is 0.475. The molecular weight excluding hydrogens is 222 g/mol. The molecule has 0 amide bonds. The topological polar surface area (TPSA) is 78.6 Å². The van der Waals surface area contributed by atoms with Crippen molar-refractivity contribution in [1.29, 1.82) is 0 Å². The Kier molecular flexibility index (Phi) is 5.00. The highest BCUT2D eigenvalue weighted by Gasteiger charge is 2.10. The summed E-state index contributed by atoms with van der Waals surface area (Å²) in [6.45, 7) is 0.169. The van der Waals surface area contributed by atoms with Gasteiger partial charge in [-0.15, -0.1) is 0 Å². The molecule has 5 nitrogen and oxygen atoms in total. The van der Waals surface area contributed by atoms with Gasteiger partial charge in [0.05, 0.1) is 19.3 Å². The summed E-state index contributed by atoms with van der Waals surface area (Å²) >= 11 is 0. The molecule has 17 heavy (non-hydrogen) atoms. The Labute approximate surface area is 99.5 Å². The van der Waals surface area contributed by atoms with Gasteiger partial charge in [-0.1, -0.05) is 12.1 Å². The van der Waals surface area contributed by atoms with E-state index >= 15 is 0 Å². The van der Waals surface area contributed by atoms with Crippen LogP contribution < -0.4 is 5.73 Å². The molecule has 0 bridgehead atoms. The number of anilines is 1. The Hall–Kier alpha value is -2.04. The van der Waals surface area contributed by atoms with Gasteiger partial charge < -0.3 is 15.2 Å². The van der Waals surface area contributed by atoms with E-state index in [1.165, 1.54) is 7.11 Å². The Morgan fingerprint density at radius 2 is 2.00 bits per heavy atom. The largest absolute Gasteiger partial charge is 0.469 e. The van der Waals surface area contributed by atoms with Gasteiger partial charge in [0.2, 0.25) is 0 Å². The summed E-state index contributed by atoms with van der Waals surface area (Å²) in [4.78, 5) is 22.4. The van der Waals surface area contributed by atoms with Crippen molar-refractivity contribution >= 4 is 17.6 Å². The lowest BCUT2D eigenvalue weighted by molar-refractivity contribution is -0.140. The predicted octanol–water partition coefficient (Wildman–Crippen LogP) is 1.38. The predicted molar refractivity (Wildman–Crippen MR) is 62.4 cm³/mol. The molecule has 0 aromatic heterocycles. The second-order valence-electron chi connectivity index (χ2n) is 3.40. The van der Waals surface area contributed by atoms with Crippen molar-refractivity contribution in [2.75, 3.05) is 19.5 Å². The van der Waals surface area contributed by atoms with E-state index in [1.54, 1.807) is 24.3 Å². The molecule has 1 aromatic rings. The number of hydrogen-bond acceptors (Lipinski definition) is 5. The second-order valence-corrected chi connectivity index (χ2v) is 3.40. The summed E-state index contributed by atoms with van der Waals surface area (Å²) in [5, 5.41) is 0. The summed E-state index contributed by atoms with van der Waals surface area (Å²) in [6, 6.07) is 6.67. The SMILES string of the molecule is COC(=O)CCCOC(=O)c1ccccc1N. The first-order valence-corrected chi connectivity index (χ1v) is 5.23. The number of para-hydroxylation sites is 1. The maximum Gasteiger partial charge on any atom is 0.340 e. The third-order valence-corrected chi connectivity index (χ3v) is 2.17. The van der Waals surface area contributed by atoms with E-state index in [0.717, 1.165) is 0 Å². The normalized spacial score (nSPS) is 9.71. The van der Waals surface area contributed by atoms with Gasteiger partial charge in [0.15, 0.2) is 0 Å². The minimum absolute atomic E-state index is 0.169. The van der Waals surface area contributed by atoms with Crippen LogP contribution in [0.4, 0.5) is 5.69 Å². The van der Waals surface area contributed by atoms with Crippen LogP contribution in [0.2, 0.25) is 0 Å². The number of nitrogen functional groups attached to an aromatic ring is 1. The van der Waals surface area contributed by atoms with Crippen LogP contribution in [-0.4, -0.2) is 25.7 Å². The Balaban J connectivity index is 2.36. The number of carbonyl (C=O) groups excluding carboxylic acids is 2. The van der Waals surface area contributed by atoms with Gasteiger partial charge in [0.1, 0.15) is 0 Å². The highest BCUT2D eigenvalue weighted by Crippen LogP contribution is 2.11. The van der Waals surface area contributed by atoms with Gasteiger partial charge in [0, 0.05) is 12.1 Å². The summed E-state index contributed by atoms with van der Waals surface area (Å²) < 4.78 is 9.44. The molecule has 0 saturated carbocycles. The fourth-order valence-electron chi connectivity index (χ4n) is 1.24. The van der Waals surface area contributed by atoms with Crippen molar-refractivity contribution in [3.63, 3.8) is 0 Å². The van der Waals surface area contributed by atoms with E-state index in [1.807, 2.05) is 0 Å². The molecule has 2 N–H and O–H groups in total. The number of methoxy groups -OCH3 is 1. The molecule has 0 unspecified atom stereocenters. The lowest BCUT2D eigenvalue weighted by Crippen LogP contribution is -2.10. The Morgan fingerprint density at radius 1 is 1.29 bits per heavy atom. The second kappa shape index (κ2) is 6.52. The van der Waals surface area contributed by atoms with Crippen LogP contribution in [0.25, 0.3) is 0 Å². The van der Waals surface area contributed by atoms with E-state index in [2.05, 4.69) is 4.74 Å². The third-order valence-electron chi connectivity index (χ3n) is 2.17. The third kappa shape index (κ3) is 4.14. The zero-order chi connectivity index (χ0) is 12.7. The maximum atomic E-state index is 11.6. The molecule has 0 radical (unpaired) electrons. The Morgan fingerprint density at radius 3 is 2.65 bits per heavy atom. The van der Waals surface area contributed by atoms with E-state index in [4.69, 9.17) is 10.5 Å². The van der Waals surface area contributed by atoms with Crippen molar-refractivity contribution in [3.8, 4) is 0 Å². The summed E-state index contributed by atoms with van der Waals surface area (Å²) in [5.41, 5.74) is 6.34. The molecule has 5 heteroatoms. The fraction of sp³-hybridized carbons (Fsp3) is 0.333. The molecule has 92 valence electrons. The van der Waals surface area contributed by atoms with Crippen LogP contribution in [0.15, 0.2) is 24.3 Å². The van der Waals surface area contributed by atoms with E-state index in [0.29, 0.717) is 17.7 Å². The summed E-state index contributed by atoms with van der Waals surface area (Å²) in [6.07, 6.45) is 0.666. The molecule has 0 heterocycles. The molecule has 0 fully saturated rings. The van der Waals surface area contributed by atoms with Crippen LogP contribution in [0.1, 0.15) is 23.2 Å². The van der Waals surface area contributed by atoms with Gasteiger partial charge in [-0.05, 0) is 18.6 Å². The smallest absolute Gasteiger partial charge is 0.340 e. The van der Waals surface area contributed by atoms with Crippen LogP contribution in [0.5, 0.6) is 0 Å². The maximum absolute atomic E-state index is 11.6. The van der Waals surface area contributed by atoms with Gasteiger partial charge >= 0.3 is 11.9 Å². The number of carbonyl (C=O) groups is 2. The first kappa shape index (κ1) is 13.0. The monoisotopic (exact) mass is 237 g/mol. The van der Waals surface area contributed by atoms with Crippen LogP contribution >= 0.6 is 0 Å². The molecule has 1 rings (SSSR count). The van der Waals surface area contributed by atoms with E-state index < -0.39 is 5.97 Å². The lowest BCUT2D eigenvalue weighted by atomic mass is 10.2. The van der Waals surface area contributed by atoms with Crippen molar-refractivity contribution < 1.29 is 19.1 Å². The zero-order valence-corrected chi connectivity index (χ0v) is 9.64. The zero-order valence-electron chi connectivity index (χ0n) is 9.64. The number of rotatable bonds is 5. The van der Waals surface area contributed by atoms with Crippen molar-refractivity contribution in [2.24, 2.45) is 0 Å².